The van der Waals surface area contributed by atoms with Gasteiger partial charge in [-0.2, -0.15) is 0 Å². The second-order valence-corrected chi connectivity index (χ2v) is 4.32. The standard InChI is InChI=1S/C13H9Cl2F/c1-8-4-2-3-5-9(8)12-11(16)7-6-10(14)13(12)15/h2-7H,1H3. The van der Waals surface area contributed by atoms with E-state index >= 15 is 0 Å². The normalized spacial score (nSPS) is 10.5. The average Bonchev–Trinajstić information content (AvgIpc) is 2.27. The molecule has 0 heterocycles. The van der Waals surface area contributed by atoms with E-state index in [2.05, 4.69) is 0 Å². The average molecular weight is 255 g/mol. The summed E-state index contributed by atoms with van der Waals surface area (Å²) in [6.07, 6.45) is 0. The van der Waals surface area contributed by atoms with Crippen molar-refractivity contribution < 1.29 is 4.39 Å². The predicted molar refractivity (Wildman–Crippen MR) is 66.6 cm³/mol. The molecule has 0 saturated heterocycles. The Balaban J connectivity index is 2.74. The van der Waals surface area contributed by atoms with Crippen molar-refractivity contribution in [3.05, 3.63) is 57.8 Å². The van der Waals surface area contributed by atoms with Gasteiger partial charge in [0.05, 0.1) is 10.0 Å². The topological polar surface area (TPSA) is 0 Å². The van der Waals surface area contributed by atoms with E-state index in [-0.39, 0.29) is 10.8 Å². The van der Waals surface area contributed by atoms with Gasteiger partial charge in [0.25, 0.3) is 0 Å². The predicted octanol–water partition coefficient (Wildman–Crippen LogP) is 5.11. The molecule has 0 saturated carbocycles. The molecular weight excluding hydrogens is 246 g/mol. The largest absolute Gasteiger partial charge is 0.206 e. The van der Waals surface area contributed by atoms with Gasteiger partial charge in [-0.15, -0.1) is 0 Å². The van der Waals surface area contributed by atoms with E-state index < -0.39 is 0 Å². The van der Waals surface area contributed by atoms with Crippen molar-refractivity contribution in [2.45, 2.75) is 6.92 Å². The summed E-state index contributed by atoms with van der Waals surface area (Å²) >= 11 is 11.9. The third-order valence-electron chi connectivity index (χ3n) is 2.46. The summed E-state index contributed by atoms with van der Waals surface area (Å²) in [5.74, 6) is -0.358. The van der Waals surface area contributed by atoms with Crippen LogP contribution in [0.1, 0.15) is 5.56 Å². The zero-order chi connectivity index (χ0) is 11.7. The zero-order valence-electron chi connectivity index (χ0n) is 8.60. The lowest BCUT2D eigenvalue weighted by Gasteiger charge is -2.10. The van der Waals surface area contributed by atoms with Crippen molar-refractivity contribution in [1.29, 1.82) is 0 Å². The fraction of sp³-hybridized carbons (Fsp3) is 0.0769. The van der Waals surface area contributed by atoms with Crippen LogP contribution in [0.3, 0.4) is 0 Å². The smallest absolute Gasteiger partial charge is 0.132 e. The number of benzene rings is 2. The Morgan fingerprint density at radius 2 is 1.69 bits per heavy atom. The highest BCUT2D eigenvalue weighted by Crippen LogP contribution is 2.36. The molecule has 3 heteroatoms. The van der Waals surface area contributed by atoms with Gasteiger partial charge in [0.15, 0.2) is 0 Å². The highest BCUT2D eigenvalue weighted by molar-refractivity contribution is 6.43. The van der Waals surface area contributed by atoms with Crippen molar-refractivity contribution in [3.63, 3.8) is 0 Å². The van der Waals surface area contributed by atoms with Gasteiger partial charge >= 0.3 is 0 Å². The van der Waals surface area contributed by atoms with Crippen LogP contribution in [0.5, 0.6) is 0 Å². The monoisotopic (exact) mass is 254 g/mol. The zero-order valence-corrected chi connectivity index (χ0v) is 10.1. The first-order valence-corrected chi connectivity index (χ1v) is 5.56. The summed E-state index contributed by atoms with van der Waals surface area (Å²) in [5, 5.41) is 0.622. The highest BCUT2D eigenvalue weighted by atomic mass is 35.5. The second kappa shape index (κ2) is 4.44. The Hall–Kier alpha value is -1.05. The summed E-state index contributed by atoms with van der Waals surface area (Å²) in [6, 6.07) is 10.3. The van der Waals surface area contributed by atoms with Crippen LogP contribution in [-0.4, -0.2) is 0 Å². The van der Waals surface area contributed by atoms with Crippen molar-refractivity contribution in [2.75, 3.05) is 0 Å². The van der Waals surface area contributed by atoms with Gasteiger partial charge < -0.3 is 0 Å². The van der Waals surface area contributed by atoms with Crippen molar-refractivity contribution in [3.8, 4) is 11.1 Å². The summed E-state index contributed by atoms with van der Waals surface area (Å²) in [4.78, 5) is 0. The van der Waals surface area contributed by atoms with Crippen LogP contribution in [0.15, 0.2) is 36.4 Å². The minimum absolute atomic E-state index is 0.260. The van der Waals surface area contributed by atoms with E-state index in [0.29, 0.717) is 10.6 Å². The molecule has 0 N–H and O–H groups in total. The highest BCUT2D eigenvalue weighted by Gasteiger charge is 2.14. The molecule has 0 fully saturated rings. The molecular formula is C13H9Cl2F. The SMILES string of the molecule is Cc1ccccc1-c1c(F)ccc(Cl)c1Cl. The first kappa shape index (κ1) is 11.4. The Labute approximate surface area is 104 Å². The molecule has 16 heavy (non-hydrogen) atoms. The number of rotatable bonds is 1. The van der Waals surface area contributed by atoms with E-state index in [1.54, 1.807) is 0 Å². The van der Waals surface area contributed by atoms with E-state index in [4.69, 9.17) is 23.2 Å². The molecule has 0 nitrogen and oxygen atoms in total. The lowest BCUT2D eigenvalue weighted by molar-refractivity contribution is 0.631. The Morgan fingerprint density at radius 1 is 1.00 bits per heavy atom. The van der Waals surface area contributed by atoms with Crippen molar-refractivity contribution in [1.82, 2.24) is 0 Å². The maximum absolute atomic E-state index is 13.8. The van der Waals surface area contributed by atoms with Gasteiger partial charge in [0.1, 0.15) is 5.82 Å². The third kappa shape index (κ3) is 1.93. The van der Waals surface area contributed by atoms with E-state index in [1.807, 2.05) is 31.2 Å². The quantitative estimate of drug-likeness (QED) is 0.621. The molecule has 2 aromatic carbocycles. The molecule has 0 aliphatic carbocycles. The van der Waals surface area contributed by atoms with Crippen molar-refractivity contribution in [2.24, 2.45) is 0 Å². The molecule has 0 amide bonds. The number of halogens is 3. The molecule has 0 aliphatic rings. The van der Waals surface area contributed by atoms with Gasteiger partial charge in [-0.3, -0.25) is 0 Å². The number of aryl methyl sites for hydroxylation is 1. The minimum atomic E-state index is -0.358. The van der Waals surface area contributed by atoms with Crippen LogP contribution in [0, 0.1) is 12.7 Å². The lowest BCUT2D eigenvalue weighted by Crippen LogP contribution is -1.89. The van der Waals surface area contributed by atoms with Gasteiger partial charge in [-0.05, 0) is 30.2 Å². The van der Waals surface area contributed by atoms with Gasteiger partial charge in [-0.25, -0.2) is 4.39 Å². The van der Waals surface area contributed by atoms with Crippen LogP contribution in [0.4, 0.5) is 4.39 Å². The van der Waals surface area contributed by atoms with E-state index in [0.717, 1.165) is 11.1 Å². The van der Waals surface area contributed by atoms with Gasteiger partial charge in [-0.1, -0.05) is 47.5 Å². The summed E-state index contributed by atoms with van der Waals surface area (Å²) in [5.41, 5.74) is 2.10. The first-order chi connectivity index (χ1) is 7.61. The number of hydrogen-bond acceptors (Lipinski definition) is 0. The minimum Gasteiger partial charge on any atom is -0.206 e. The molecule has 0 aliphatic heterocycles. The molecule has 82 valence electrons. The summed E-state index contributed by atoms with van der Waals surface area (Å²) in [7, 11) is 0. The van der Waals surface area contributed by atoms with Crippen LogP contribution >= 0.6 is 23.2 Å². The van der Waals surface area contributed by atoms with E-state index in [9.17, 15) is 4.39 Å². The Bertz CT molecular complexity index is 535. The molecule has 0 aromatic heterocycles. The van der Waals surface area contributed by atoms with Crippen LogP contribution in [-0.2, 0) is 0 Å². The first-order valence-electron chi connectivity index (χ1n) is 4.80. The maximum atomic E-state index is 13.8. The third-order valence-corrected chi connectivity index (χ3v) is 3.26. The number of hydrogen-bond donors (Lipinski definition) is 0. The molecule has 0 spiro atoms. The summed E-state index contributed by atoms with van der Waals surface area (Å²) < 4.78 is 13.8. The van der Waals surface area contributed by atoms with Crippen LogP contribution in [0.2, 0.25) is 10.0 Å². The van der Waals surface area contributed by atoms with E-state index in [1.165, 1.54) is 12.1 Å². The molecule has 0 unspecified atom stereocenters. The Kier molecular flexibility index (Phi) is 3.17. The molecule has 0 atom stereocenters. The maximum Gasteiger partial charge on any atom is 0.132 e. The fourth-order valence-corrected chi connectivity index (χ4v) is 2.04. The van der Waals surface area contributed by atoms with Gasteiger partial charge in [0.2, 0.25) is 0 Å². The Morgan fingerprint density at radius 3 is 2.38 bits per heavy atom. The molecule has 0 radical (unpaired) electrons. The fourth-order valence-electron chi connectivity index (χ4n) is 1.63. The lowest BCUT2D eigenvalue weighted by atomic mass is 10.0. The summed E-state index contributed by atoms with van der Waals surface area (Å²) in [6.45, 7) is 1.91. The second-order valence-electron chi connectivity index (χ2n) is 3.53. The van der Waals surface area contributed by atoms with Gasteiger partial charge in [0, 0.05) is 5.56 Å². The van der Waals surface area contributed by atoms with Crippen molar-refractivity contribution >= 4 is 23.2 Å². The van der Waals surface area contributed by atoms with Crippen LogP contribution < -0.4 is 0 Å². The molecule has 2 rings (SSSR count). The van der Waals surface area contributed by atoms with Crippen LogP contribution in [0.25, 0.3) is 11.1 Å². The molecule has 2 aromatic rings. The molecule has 0 bridgehead atoms.